The Morgan fingerprint density at radius 3 is 2.50 bits per heavy atom. The van der Waals surface area contributed by atoms with Crippen molar-refractivity contribution in [3.05, 3.63) is 0 Å². The minimum atomic E-state index is 0.771. The normalized spacial score (nSPS) is 28.9. The number of nitrogens with one attached hydrogen (secondary N) is 1. The number of hydrogen-bond acceptors (Lipinski definition) is 2. The number of rotatable bonds is 2. The molecule has 1 unspecified atom stereocenters. The Balaban J connectivity index is 1.82. The van der Waals surface area contributed by atoms with Crippen LogP contribution in [0, 0.1) is 5.92 Å². The Morgan fingerprint density at radius 1 is 1.21 bits per heavy atom. The maximum Gasteiger partial charge on any atom is 0.0261 e. The van der Waals surface area contributed by atoms with Gasteiger partial charge in [-0.25, -0.2) is 5.32 Å². The summed E-state index contributed by atoms with van der Waals surface area (Å²) in [5.41, 5.74) is 0. The van der Waals surface area contributed by atoms with Gasteiger partial charge in [0.25, 0.3) is 0 Å². The lowest BCUT2D eigenvalue weighted by atomic mass is 9.90. The van der Waals surface area contributed by atoms with Crippen LogP contribution in [0.3, 0.4) is 0 Å². The molecule has 14 heavy (non-hydrogen) atoms. The molecule has 2 heterocycles. The molecule has 2 saturated heterocycles. The lowest BCUT2D eigenvalue weighted by Crippen LogP contribution is -2.49. The van der Waals surface area contributed by atoms with Gasteiger partial charge in [-0.2, -0.15) is 0 Å². The van der Waals surface area contributed by atoms with E-state index in [1.165, 1.54) is 39.0 Å². The molecule has 0 aromatic rings. The van der Waals surface area contributed by atoms with Crippen LogP contribution in [0.25, 0.3) is 0 Å². The summed E-state index contributed by atoms with van der Waals surface area (Å²) in [6.07, 6.45) is 2.71. The van der Waals surface area contributed by atoms with Crippen LogP contribution < -0.4 is 10.6 Å². The third-order valence-electron chi connectivity index (χ3n) is 3.73. The minimum absolute atomic E-state index is 0.771. The van der Waals surface area contributed by atoms with E-state index in [0.717, 1.165) is 25.0 Å². The Morgan fingerprint density at radius 2 is 1.86 bits per heavy atom. The van der Waals surface area contributed by atoms with Crippen molar-refractivity contribution in [1.29, 1.82) is 0 Å². The van der Waals surface area contributed by atoms with Crippen molar-refractivity contribution in [2.75, 3.05) is 39.3 Å². The van der Waals surface area contributed by atoms with E-state index in [0.29, 0.717) is 0 Å². The zero-order valence-electron chi connectivity index (χ0n) is 9.21. The first-order valence-electron chi connectivity index (χ1n) is 5.96. The summed E-state index contributed by atoms with van der Waals surface area (Å²) < 4.78 is 0. The number of hydrogen-bond donors (Lipinski definition) is 1. The molecule has 3 heteroatoms. The molecule has 0 aromatic heterocycles. The van der Waals surface area contributed by atoms with Gasteiger partial charge >= 0.3 is 0 Å². The molecule has 0 bridgehead atoms. The van der Waals surface area contributed by atoms with Gasteiger partial charge in [0.1, 0.15) is 0 Å². The van der Waals surface area contributed by atoms with Gasteiger partial charge in [-0.1, -0.05) is 0 Å². The summed E-state index contributed by atoms with van der Waals surface area (Å²) in [6.45, 7) is 9.31. The summed E-state index contributed by atoms with van der Waals surface area (Å²) in [5, 5.41) is 7.84. The predicted octanol–water partition coefficient (Wildman–Crippen LogP) is 0.295. The van der Waals surface area contributed by atoms with Gasteiger partial charge in [-0.05, 0) is 38.8 Å². The van der Waals surface area contributed by atoms with Crippen molar-refractivity contribution >= 4 is 0 Å². The van der Waals surface area contributed by atoms with Gasteiger partial charge in [0.15, 0.2) is 0 Å². The molecular formula is C11H22N3. The van der Waals surface area contributed by atoms with E-state index < -0.39 is 0 Å². The summed E-state index contributed by atoms with van der Waals surface area (Å²) >= 11 is 0. The van der Waals surface area contributed by atoms with Crippen LogP contribution in [0.5, 0.6) is 0 Å². The van der Waals surface area contributed by atoms with E-state index >= 15 is 0 Å². The van der Waals surface area contributed by atoms with E-state index in [4.69, 9.17) is 0 Å². The maximum absolute atomic E-state index is 4.40. The van der Waals surface area contributed by atoms with Crippen molar-refractivity contribution in [1.82, 2.24) is 15.5 Å². The molecule has 2 aliphatic rings. The molecular weight excluding hydrogens is 174 g/mol. The largest absolute Gasteiger partial charge is 0.317 e. The minimum Gasteiger partial charge on any atom is -0.317 e. The fourth-order valence-electron chi connectivity index (χ4n) is 2.65. The number of piperidine rings is 1. The van der Waals surface area contributed by atoms with Gasteiger partial charge in [0, 0.05) is 32.2 Å². The van der Waals surface area contributed by atoms with E-state index in [1.807, 2.05) is 0 Å². The van der Waals surface area contributed by atoms with Crippen LogP contribution in [0.2, 0.25) is 0 Å². The fourth-order valence-corrected chi connectivity index (χ4v) is 2.65. The summed E-state index contributed by atoms with van der Waals surface area (Å²) in [6, 6.07) is 0.771. The van der Waals surface area contributed by atoms with Gasteiger partial charge in [-0.3, -0.25) is 4.90 Å². The van der Waals surface area contributed by atoms with E-state index in [1.54, 1.807) is 0 Å². The first-order valence-corrected chi connectivity index (χ1v) is 5.96. The highest BCUT2D eigenvalue weighted by molar-refractivity contribution is 4.82. The highest BCUT2D eigenvalue weighted by Gasteiger charge is 2.25. The molecule has 1 N–H and O–H groups in total. The second-order valence-corrected chi connectivity index (χ2v) is 4.53. The highest BCUT2D eigenvalue weighted by atomic mass is 15.2. The van der Waals surface area contributed by atoms with Crippen LogP contribution in [0.4, 0.5) is 0 Å². The summed E-state index contributed by atoms with van der Waals surface area (Å²) in [7, 11) is 0. The second kappa shape index (κ2) is 5.10. The Labute approximate surface area is 87.2 Å². The molecule has 2 aliphatic heterocycles. The van der Waals surface area contributed by atoms with Crippen LogP contribution in [-0.4, -0.2) is 50.2 Å². The molecule has 81 valence electrons. The first kappa shape index (κ1) is 10.4. The topological polar surface area (TPSA) is 29.4 Å². The highest BCUT2D eigenvalue weighted by Crippen LogP contribution is 2.20. The summed E-state index contributed by atoms with van der Waals surface area (Å²) in [5.74, 6) is 0.911. The van der Waals surface area contributed by atoms with Gasteiger partial charge < -0.3 is 5.32 Å². The molecule has 0 aliphatic carbocycles. The lowest BCUT2D eigenvalue weighted by molar-refractivity contribution is 0.118. The zero-order chi connectivity index (χ0) is 9.80. The fraction of sp³-hybridized carbons (Fsp3) is 1.00. The first-order chi connectivity index (χ1) is 6.88. The van der Waals surface area contributed by atoms with E-state index in [-0.39, 0.29) is 0 Å². The van der Waals surface area contributed by atoms with Crippen LogP contribution in [0.1, 0.15) is 19.8 Å². The summed E-state index contributed by atoms with van der Waals surface area (Å²) in [4.78, 5) is 2.63. The smallest absolute Gasteiger partial charge is 0.0261 e. The molecule has 0 spiro atoms. The predicted molar refractivity (Wildman–Crippen MR) is 58.5 cm³/mol. The Bertz CT molecular complexity index is 142. The second-order valence-electron chi connectivity index (χ2n) is 4.53. The number of nitrogens with zero attached hydrogens (tertiary/aromatic N) is 2. The molecule has 0 saturated carbocycles. The van der Waals surface area contributed by atoms with Crippen molar-refractivity contribution in [2.24, 2.45) is 5.92 Å². The quantitative estimate of drug-likeness (QED) is 0.688. The van der Waals surface area contributed by atoms with Gasteiger partial charge in [0.2, 0.25) is 0 Å². The van der Waals surface area contributed by atoms with Crippen LogP contribution >= 0.6 is 0 Å². The molecule has 1 radical (unpaired) electrons. The van der Waals surface area contributed by atoms with Gasteiger partial charge in [-0.15, -0.1) is 0 Å². The SMILES string of the molecule is CC(C1CCNCC1)N1CC[N]CC1. The van der Waals surface area contributed by atoms with Crippen LogP contribution in [-0.2, 0) is 0 Å². The Kier molecular flexibility index (Phi) is 3.79. The Hall–Kier alpha value is -0.120. The molecule has 0 amide bonds. The molecule has 2 rings (SSSR count). The lowest BCUT2D eigenvalue weighted by Gasteiger charge is -2.38. The third kappa shape index (κ3) is 2.47. The third-order valence-corrected chi connectivity index (χ3v) is 3.73. The van der Waals surface area contributed by atoms with Crippen LogP contribution in [0.15, 0.2) is 0 Å². The standard InChI is InChI=1S/C11H22N3/c1-10(11-2-4-12-5-3-11)14-8-6-13-7-9-14/h10-12H,2-9H2,1H3. The van der Waals surface area contributed by atoms with E-state index in [9.17, 15) is 0 Å². The molecule has 2 fully saturated rings. The van der Waals surface area contributed by atoms with Crippen molar-refractivity contribution in [3.63, 3.8) is 0 Å². The van der Waals surface area contributed by atoms with Crippen molar-refractivity contribution in [3.8, 4) is 0 Å². The maximum atomic E-state index is 4.40. The monoisotopic (exact) mass is 196 g/mol. The molecule has 0 aromatic carbocycles. The van der Waals surface area contributed by atoms with Gasteiger partial charge in [0.05, 0.1) is 0 Å². The van der Waals surface area contributed by atoms with Crippen molar-refractivity contribution < 1.29 is 0 Å². The van der Waals surface area contributed by atoms with E-state index in [2.05, 4.69) is 22.5 Å². The average molecular weight is 196 g/mol. The molecule has 3 nitrogen and oxygen atoms in total. The molecule has 1 atom stereocenters. The zero-order valence-corrected chi connectivity index (χ0v) is 9.21. The average Bonchev–Trinajstić information content (AvgIpc) is 2.30. The van der Waals surface area contributed by atoms with Crippen molar-refractivity contribution in [2.45, 2.75) is 25.8 Å². The number of piperazine rings is 1.